The van der Waals surface area contributed by atoms with Gasteiger partial charge >= 0.3 is 0 Å². The maximum absolute atomic E-state index is 6.68. The Kier molecular flexibility index (Phi) is 5.10. The summed E-state index contributed by atoms with van der Waals surface area (Å²) in [6.07, 6.45) is 9.82. The van der Waals surface area contributed by atoms with E-state index in [1.165, 1.54) is 4.90 Å². The van der Waals surface area contributed by atoms with E-state index in [1.807, 2.05) is 48.8 Å². The maximum atomic E-state index is 6.68. The van der Waals surface area contributed by atoms with Gasteiger partial charge in [0, 0.05) is 21.7 Å². The Morgan fingerprint density at radius 2 is 1.96 bits per heavy atom. The molecule has 4 rings (SSSR count). The highest BCUT2D eigenvalue weighted by Crippen LogP contribution is 2.34. The number of dihydropyridines is 1. The first-order chi connectivity index (χ1) is 13.1. The summed E-state index contributed by atoms with van der Waals surface area (Å²) >= 11 is 9.46. The first-order valence-electron chi connectivity index (χ1n) is 8.40. The van der Waals surface area contributed by atoms with Crippen molar-refractivity contribution in [3.8, 4) is 10.6 Å². The molecule has 0 radical (unpaired) electrons. The molecule has 1 atom stereocenters. The van der Waals surface area contributed by atoms with E-state index in [1.54, 1.807) is 23.1 Å². The van der Waals surface area contributed by atoms with Crippen LogP contribution in [0.5, 0.6) is 0 Å². The molecular weight excluding hydrogens is 394 g/mol. The van der Waals surface area contributed by atoms with Crippen molar-refractivity contribution in [1.29, 1.82) is 0 Å². The lowest BCUT2D eigenvalue weighted by Gasteiger charge is -2.29. The highest BCUT2D eigenvalue weighted by Gasteiger charge is 2.29. The molecule has 2 aromatic carbocycles. The molecule has 27 heavy (non-hydrogen) atoms. The second-order valence-corrected chi connectivity index (χ2v) is 8.56. The lowest BCUT2D eigenvalue weighted by atomic mass is 9.97. The summed E-state index contributed by atoms with van der Waals surface area (Å²) < 4.78 is 0. The Labute approximate surface area is 172 Å². The Morgan fingerprint density at radius 1 is 1.15 bits per heavy atom. The zero-order valence-corrected chi connectivity index (χ0v) is 17.0. The molecule has 0 saturated heterocycles. The quantitative estimate of drug-likeness (QED) is 0.557. The number of nitrogens with zero attached hydrogens (tertiary/aromatic N) is 1. The van der Waals surface area contributed by atoms with Crippen LogP contribution in [-0.2, 0) is 5.66 Å². The average molecular weight is 412 g/mol. The molecule has 3 nitrogen and oxygen atoms in total. The van der Waals surface area contributed by atoms with Gasteiger partial charge in [0.15, 0.2) is 0 Å². The van der Waals surface area contributed by atoms with Crippen LogP contribution in [0.25, 0.3) is 16.1 Å². The SMILES string of the molecule is CSc1ccc(-c2ncc(C3(N)C=C(c4cccc(Cl)c4)C=CN3)s2)cc1. The normalized spacial score (nSPS) is 18.9. The van der Waals surface area contributed by atoms with Gasteiger partial charge in [0.05, 0.1) is 4.88 Å². The van der Waals surface area contributed by atoms with Crippen molar-refractivity contribution in [1.82, 2.24) is 10.3 Å². The molecular formula is C21H18ClN3S2. The largest absolute Gasteiger partial charge is 0.366 e. The fourth-order valence-corrected chi connectivity index (χ4v) is 4.49. The van der Waals surface area contributed by atoms with Crippen LogP contribution < -0.4 is 11.1 Å². The van der Waals surface area contributed by atoms with Gasteiger partial charge in [-0.1, -0.05) is 35.9 Å². The Balaban J connectivity index is 1.66. The summed E-state index contributed by atoms with van der Waals surface area (Å²) in [7, 11) is 0. The van der Waals surface area contributed by atoms with Crippen LogP contribution in [-0.4, -0.2) is 11.2 Å². The third-order valence-corrected chi connectivity index (χ3v) is 6.55. The van der Waals surface area contributed by atoms with Crippen LogP contribution in [0.2, 0.25) is 5.02 Å². The predicted octanol–water partition coefficient (Wildman–Crippen LogP) is 5.50. The number of hydrogen-bond donors (Lipinski definition) is 2. The summed E-state index contributed by atoms with van der Waals surface area (Å²) in [4.78, 5) is 6.78. The van der Waals surface area contributed by atoms with Crippen molar-refractivity contribution in [2.45, 2.75) is 10.6 Å². The second kappa shape index (κ2) is 7.52. The minimum atomic E-state index is -0.804. The van der Waals surface area contributed by atoms with E-state index in [9.17, 15) is 0 Å². The molecule has 0 amide bonds. The van der Waals surface area contributed by atoms with E-state index < -0.39 is 5.66 Å². The number of benzene rings is 2. The average Bonchev–Trinajstić information content (AvgIpc) is 3.19. The third-order valence-electron chi connectivity index (χ3n) is 4.38. The van der Waals surface area contributed by atoms with Gasteiger partial charge in [0.25, 0.3) is 0 Å². The maximum Gasteiger partial charge on any atom is 0.143 e. The highest BCUT2D eigenvalue weighted by atomic mass is 35.5. The molecule has 136 valence electrons. The molecule has 2 heterocycles. The van der Waals surface area contributed by atoms with Gasteiger partial charge in [-0.05, 0) is 60.0 Å². The fraction of sp³-hybridized carbons (Fsp3) is 0.0952. The van der Waals surface area contributed by atoms with Gasteiger partial charge in [-0.3, -0.25) is 0 Å². The molecule has 0 saturated carbocycles. The van der Waals surface area contributed by atoms with Crippen molar-refractivity contribution in [3.05, 3.63) is 88.5 Å². The number of nitrogens with one attached hydrogen (secondary N) is 1. The number of allylic oxidation sites excluding steroid dienone is 2. The zero-order valence-electron chi connectivity index (χ0n) is 14.6. The van der Waals surface area contributed by atoms with Gasteiger partial charge in [0.1, 0.15) is 10.7 Å². The number of rotatable bonds is 4. The van der Waals surface area contributed by atoms with Gasteiger partial charge in [-0.2, -0.15) is 0 Å². The summed E-state index contributed by atoms with van der Waals surface area (Å²) in [6, 6.07) is 16.2. The number of halogens is 1. The molecule has 1 unspecified atom stereocenters. The standard InChI is InChI=1S/C21H18ClN3S2/c1-26-18-7-5-14(6-8-18)20-24-13-19(27-20)21(23)12-16(9-10-25-21)15-3-2-4-17(22)11-15/h2-13,25H,23H2,1H3. The first kappa shape index (κ1) is 18.3. The van der Waals surface area contributed by atoms with E-state index >= 15 is 0 Å². The molecule has 0 aliphatic carbocycles. The summed E-state index contributed by atoms with van der Waals surface area (Å²) in [6.45, 7) is 0. The van der Waals surface area contributed by atoms with Crippen LogP contribution in [0.1, 0.15) is 10.4 Å². The van der Waals surface area contributed by atoms with E-state index in [0.29, 0.717) is 5.02 Å². The minimum absolute atomic E-state index is 0.705. The van der Waals surface area contributed by atoms with Crippen LogP contribution in [0.4, 0.5) is 0 Å². The molecule has 3 N–H and O–H groups in total. The van der Waals surface area contributed by atoms with E-state index in [2.05, 4.69) is 40.8 Å². The van der Waals surface area contributed by atoms with Gasteiger partial charge < -0.3 is 11.1 Å². The van der Waals surface area contributed by atoms with Crippen molar-refractivity contribution in [2.75, 3.05) is 6.26 Å². The van der Waals surface area contributed by atoms with E-state index in [4.69, 9.17) is 17.3 Å². The van der Waals surface area contributed by atoms with Crippen LogP contribution >= 0.6 is 34.7 Å². The highest BCUT2D eigenvalue weighted by molar-refractivity contribution is 7.98. The lowest BCUT2D eigenvalue weighted by Crippen LogP contribution is -2.47. The number of nitrogens with two attached hydrogens (primary N) is 1. The Hall–Kier alpha value is -2.05. The molecule has 0 spiro atoms. The summed E-state index contributed by atoms with van der Waals surface area (Å²) in [5.74, 6) is 0. The zero-order chi connectivity index (χ0) is 18.9. The first-order valence-corrected chi connectivity index (χ1v) is 10.8. The van der Waals surface area contributed by atoms with Crippen molar-refractivity contribution < 1.29 is 0 Å². The van der Waals surface area contributed by atoms with Crippen LogP contribution in [0.3, 0.4) is 0 Å². The van der Waals surface area contributed by atoms with Crippen molar-refractivity contribution in [2.24, 2.45) is 5.73 Å². The molecule has 1 aliphatic rings. The number of thioether (sulfide) groups is 1. The fourth-order valence-electron chi connectivity index (χ4n) is 2.93. The predicted molar refractivity (Wildman–Crippen MR) is 117 cm³/mol. The van der Waals surface area contributed by atoms with Gasteiger partial charge in [-0.25, -0.2) is 4.98 Å². The smallest absolute Gasteiger partial charge is 0.143 e. The molecule has 1 aliphatic heterocycles. The molecule has 3 aromatic rings. The molecule has 1 aromatic heterocycles. The summed E-state index contributed by atoms with van der Waals surface area (Å²) in [5, 5.41) is 4.92. The Morgan fingerprint density at radius 3 is 2.70 bits per heavy atom. The van der Waals surface area contributed by atoms with Crippen LogP contribution in [0, 0.1) is 0 Å². The summed E-state index contributed by atoms with van der Waals surface area (Å²) in [5.41, 5.74) is 9.03. The topological polar surface area (TPSA) is 50.9 Å². The van der Waals surface area contributed by atoms with E-state index in [0.717, 1.165) is 26.6 Å². The van der Waals surface area contributed by atoms with Gasteiger partial charge in [-0.15, -0.1) is 23.1 Å². The molecule has 0 bridgehead atoms. The minimum Gasteiger partial charge on any atom is -0.366 e. The number of hydrogen-bond acceptors (Lipinski definition) is 5. The van der Waals surface area contributed by atoms with E-state index in [-0.39, 0.29) is 0 Å². The monoisotopic (exact) mass is 411 g/mol. The van der Waals surface area contributed by atoms with Crippen LogP contribution in [0.15, 0.2) is 78.0 Å². The number of aromatic nitrogens is 1. The second-order valence-electron chi connectivity index (χ2n) is 6.21. The van der Waals surface area contributed by atoms with Crippen molar-refractivity contribution >= 4 is 40.3 Å². The van der Waals surface area contributed by atoms with Crippen molar-refractivity contribution in [3.63, 3.8) is 0 Å². The Bertz CT molecular complexity index is 1020. The molecule has 6 heteroatoms. The third kappa shape index (κ3) is 3.82. The van der Waals surface area contributed by atoms with Gasteiger partial charge in [0.2, 0.25) is 0 Å². The molecule has 0 fully saturated rings. The lowest BCUT2D eigenvalue weighted by molar-refractivity contribution is 0.505. The number of thiazole rings is 1.